The minimum Gasteiger partial charge on any atom is -0.360 e. The van der Waals surface area contributed by atoms with Crippen LogP contribution in [0.4, 0.5) is 0 Å². The van der Waals surface area contributed by atoms with Gasteiger partial charge in [0, 0.05) is 0 Å². The molecule has 2 fully saturated rings. The molecule has 0 heterocycles. The molecular formula is C10H14O. The molecule has 0 amide bonds. The molecule has 2 saturated carbocycles. The summed E-state index contributed by atoms with van der Waals surface area (Å²) in [6.07, 6.45) is 8.46. The van der Waals surface area contributed by atoms with E-state index in [1.54, 1.807) is 0 Å². The van der Waals surface area contributed by atoms with Crippen LogP contribution in [0, 0.1) is 0 Å². The van der Waals surface area contributed by atoms with Crippen molar-refractivity contribution in [3.63, 3.8) is 0 Å². The molecule has 60 valence electrons. The molecule has 0 radical (unpaired) electrons. The van der Waals surface area contributed by atoms with Gasteiger partial charge in [0.05, 0.1) is 11.2 Å². The smallest absolute Gasteiger partial charge is 0.0874 e. The van der Waals surface area contributed by atoms with Gasteiger partial charge in [0.2, 0.25) is 0 Å². The fraction of sp³-hybridized carbons (Fsp3) is 0.600. The van der Waals surface area contributed by atoms with Gasteiger partial charge in [-0.3, -0.25) is 0 Å². The third kappa shape index (κ3) is 1.14. The summed E-state index contributed by atoms with van der Waals surface area (Å²) < 4.78 is 5.91. The van der Waals surface area contributed by atoms with Crippen LogP contribution in [0.25, 0.3) is 0 Å². The van der Waals surface area contributed by atoms with Crippen molar-refractivity contribution >= 4 is 0 Å². The lowest BCUT2D eigenvalue weighted by Crippen LogP contribution is -2.20. The van der Waals surface area contributed by atoms with Gasteiger partial charge in [0.25, 0.3) is 0 Å². The van der Waals surface area contributed by atoms with Gasteiger partial charge in [-0.2, -0.15) is 0 Å². The molecule has 0 saturated heterocycles. The second-order valence-corrected chi connectivity index (χ2v) is 3.64. The summed E-state index contributed by atoms with van der Waals surface area (Å²) in [4.78, 5) is 0. The Morgan fingerprint density at radius 1 is 0.909 bits per heavy atom. The van der Waals surface area contributed by atoms with Crippen LogP contribution in [0.3, 0.4) is 0 Å². The van der Waals surface area contributed by atoms with Crippen LogP contribution >= 0.6 is 0 Å². The van der Waals surface area contributed by atoms with Gasteiger partial charge < -0.3 is 4.74 Å². The Balaban J connectivity index is 1.99. The Morgan fingerprint density at radius 2 is 1.27 bits per heavy atom. The third-order valence-corrected chi connectivity index (χ3v) is 2.64. The molecule has 1 nitrogen and oxygen atoms in total. The van der Waals surface area contributed by atoms with E-state index in [9.17, 15) is 0 Å². The fourth-order valence-corrected chi connectivity index (χ4v) is 1.35. The van der Waals surface area contributed by atoms with E-state index in [4.69, 9.17) is 4.74 Å². The first kappa shape index (κ1) is 7.11. The lowest BCUT2D eigenvalue weighted by molar-refractivity contribution is 0.00792. The zero-order valence-electron chi connectivity index (χ0n) is 6.81. The zero-order valence-corrected chi connectivity index (χ0v) is 6.81. The number of hydrogen-bond donors (Lipinski definition) is 0. The minimum absolute atomic E-state index is 0.0324. The summed E-state index contributed by atoms with van der Waals surface area (Å²) in [6, 6.07) is 0. The third-order valence-electron chi connectivity index (χ3n) is 2.64. The maximum atomic E-state index is 5.91. The van der Waals surface area contributed by atoms with Crippen molar-refractivity contribution in [1.82, 2.24) is 0 Å². The monoisotopic (exact) mass is 150 g/mol. The van der Waals surface area contributed by atoms with E-state index in [1.165, 1.54) is 0 Å². The lowest BCUT2D eigenvalue weighted by atomic mass is 10.3. The molecule has 0 aromatic rings. The Labute approximate surface area is 67.7 Å². The summed E-state index contributed by atoms with van der Waals surface area (Å²) >= 11 is 0. The van der Waals surface area contributed by atoms with E-state index in [0.29, 0.717) is 0 Å². The maximum Gasteiger partial charge on any atom is 0.0874 e. The highest BCUT2D eigenvalue weighted by Gasteiger charge is 2.52. The molecule has 2 rings (SSSR count). The van der Waals surface area contributed by atoms with Crippen molar-refractivity contribution in [3.8, 4) is 0 Å². The fourth-order valence-electron chi connectivity index (χ4n) is 1.35. The van der Waals surface area contributed by atoms with Crippen molar-refractivity contribution < 1.29 is 4.74 Å². The van der Waals surface area contributed by atoms with E-state index in [-0.39, 0.29) is 11.2 Å². The molecule has 0 aromatic carbocycles. The lowest BCUT2D eigenvalue weighted by Gasteiger charge is -2.18. The van der Waals surface area contributed by atoms with E-state index >= 15 is 0 Å². The van der Waals surface area contributed by atoms with Crippen molar-refractivity contribution in [1.29, 1.82) is 0 Å². The predicted molar refractivity (Wildman–Crippen MR) is 45.4 cm³/mol. The van der Waals surface area contributed by atoms with Gasteiger partial charge in [-0.25, -0.2) is 0 Å². The Morgan fingerprint density at radius 3 is 1.45 bits per heavy atom. The Kier molecular flexibility index (Phi) is 1.28. The highest BCUT2D eigenvalue weighted by atomic mass is 16.5. The first-order chi connectivity index (χ1) is 5.24. The van der Waals surface area contributed by atoms with Gasteiger partial charge in [0.1, 0.15) is 0 Å². The molecule has 0 aliphatic heterocycles. The molecule has 0 unspecified atom stereocenters. The molecule has 2 aliphatic carbocycles. The molecule has 1 heteroatoms. The highest BCUT2D eigenvalue weighted by Crippen LogP contribution is 2.51. The Hall–Kier alpha value is -0.560. The molecular weight excluding hydrogens is 136 g/mol. The van der Waals surface area contributed by atoms with Crippen LogP contribution in [0.5, 0.6) is 0 Å². The first-order valence-corrected chi connectivity index (χ1v) is 4.22. The van der Waals surface area contributed by atoms with Crippen molar-refractivity contribution in [2.24, 2.45) is 0 Å². The largest absolute Gasteiger partial charge is 0.360 e. The van der Waals surface area contributed by atoms with Crippen LogP contribution in [-0.4, -0.2) is 11.2 Å². The maximum absolute atomic E-state index is 5.91. The van der Waals surface area contributed by atoms with Gasteiger partial charge in [-0.1, -0.05) is 12.2 Å². The number of hydrogen-bond acceptors (Lipinski definition) is 1. The van der Waals surface area contributed by atoms with Crippen LogP contribution in [0.15, 0.2) is 25.3 Å². The van der Waals surface area contributed by atoms with Crippen LogP contribution in [0.1, 0.15) is 25.7 Å². The van der Waals surface area contributed by atoms with Crippen molar-refractivity contribution in [2.45, 2.75) is 36.9 Å². The summed E-state index contributed by atoms with van der Waals surface area (Å²) in [5.41, 5.74) is 0.0649. The van der Waals surface area contributed by atoms with Gasteiger partial charge in [0.15, 0.2) is 0 Å². The molecule has 2 aliphatic rings. The second-order valence-electron chi connectivity index (χ2n) is 3.64. The predicted octanol–water partition coefficient (Wildman–Crippen LogP) is 2.44. The summed E-state index contributed by atoms with van der Waals surface area (Å²) in [5.74, 6) is 0. The van der Waals surface area contributed by atoms with Crippen LogP contribution in [-0.2, 0) is 4.74 Å². The second kappa shape index (κ2) is 1.98. The number of ether oxygens (including phenoxy) is 1. The van der Waals surface area contributed by atoms with E-state index in [0.717, 1.165) is 25.7 Å². The van der Waals surface area contributed by atoms with E-state index in [2.05, 4.69) is 13.2 Å². The van der Waals surface area contributed by atoms with Gasteiger partial charge >= 0.3 is 0 Å². The summed E-state index contributed by atoms with van der Waals surface area (Å²) in [6.45, 7) is 7.56. The molecule has 0 N–H and O–H groups in total. The standard InChI is InChI=1S/C10H14O/c1-3-9(5-6-9)11-10(4-2)7-8-10/h3-4H,1-2,5-8H2. The average Bonchev–Trinajstić information content (AvgIpc) is 2.90. The SMILES string of the molecule is C=CC1(OC2(C=C)CC2)CC1. The quantitative estimate of drug-likeness (QED) is 0.559. The van der Waals surface area contributed by atoms with Crippen LogP contribution in [0.2, 0.25) is 0 Å². The molecule has 0 bridgehead atoms. The summed E-state index contributed by atoms with van der Waals surface area (Å²) in [5, 5.41) is 0. The minimum atomic E-state index is 0.0324. The molecule has 0 spiro atoms. The van der Waals surface area contributed by atoms with Crippen molar-refractivity contribution in [3.05, 3.63) is 25.3 Å². The highest BCUT2D eigenvalue weighted by molar-refractivity contribution is 5.17. The van der Waals surface area contributed by atoms with Crippen molar-refractivity contribution in [2.75, 3.05) is 0 Å². The number of rotatable bonds is 4. The van der Waals surface area contributed by atoms with E-state index in [1.807, 2.05) is 12.2 Å². The van der Waals surface area contributed by atoms with Gasteiger partial charge in [-0.05, 0) is 25.7 Å². The zero-order chi connectivity index (χ0) is 7.95. The van der Waals surface area contributed by atoms with E-state index < -0.39 is 0 Å². The normalized spacial score (nSPS) is 29.1. The first-order valence-electron chi connectivity index (χ1n) is 4.22. The molecule has 11 heavy (non-hydrogen) atoms. The molecule has 0 atom stereocenters. The Bertz CT molecular complexity index is 175. The van der Waals surface area contributed by atoms with Crippen LogP contribution < -0.4 is 0 Å². The summed E-state index contributed by atoms with van der Waals surface area (Å²) in [7, 11) is 0. The average molecular weight is 150 g/mol. The molecule has 0 aromatic heterocycles. The topological polar surface area (TPSA) is 9.23 Å². The van der Waals surface area contributed by atoms with Gasteiger partial charge in [-0.15, -0.1) is 13.2 Å².